The summed E-state index contributed by atoms with van der Waals surface area (Å²) in [5.74, 6) is -0.403. The van der Waals surface area contributed by atoms with Gasteiger partial charge in [-0.15, -0.1) is 0 Å². The van der Waals surface area contributed by atoms with Crippen LogP contribution in [0.2, 0.25) is 0 Å². The van der Waals surface area contributed by atoms with E-state index in [2.05, 4.69) is 16.4 Å². The SMILES string of the molecule is C=C(C=CC)CN1CCC(C)(OOC(C)=O)CC1. The highest BCUT2D eigenvalue weighted by atomic mass is 17.2. The van der Waals surface area contributed by atoms with Gasteiger partial charge in [0.25, 0.3) is 0 Å². The van der Waals surface area contributed by atoms with E-state index in [0.717, 1.165) is 38.0 Å². The van der Waals surface area contributed by atoms with Gasteiger partial charge in [-0.2, -0.15) is 4.89 Å². The summed E-state index contributed by atoms with van der Waals surface area (Å²) in [7, 11) is 0. The van der Waals surface area contributed by atoms with Crippen LogP contribution >= 0.6 is 0 Å². The second-order valence-electron chi connectivity index (χ2n) is 5.04. The lowest BCUT2D eigenvalue weighted by Crippen LogP contribution is -2.44. The third-order valence-corrected chi connectivity index (χ3v) is 3.10. The summed E-state index contributed by atoms with van der Waals surface area (Å²) in [5.41, 5.74) is 0.756. The van der Waals surface area contributed by atoms with Crippen molar-refractivity contribution >= 4 is 5.97 Å². The Morgan fingerprint density at radius 3 is 2.56 bits per heavy atom. The van der Waals surface area contributed by atoms with E-state index in [4.69, 9.17) is 4.89 Å². The van der Waals surface area contributed by atoms with Crippen LogP contribution in [0.25, 0.3) is 0 Å². The summed E-state index contributed by atoms with van der Waals surface area (Å²) in [6.07, 6.45) is 5.73. The van der Waals surface area contributed by atoms with Crippen LogP contribution in [0.5, 0.6) is 0 Å². The molecule has 0 radical (unpaired) electrons. The van der Waals surface area contributed by atoms with Crippen LogP contribution in [-0.4, -0.2) is 36.1 Å². The van der Waals surface area contributed by atoms with Gasteiger partial charge in [0.05, 0.1) is 0 Å². The van der Waals surface area contributed by atoms with E-state index in [0.29, 0.717) is 0 Å². The number of carbonyl (C=O) groups is 1. The zero-order chi connectivity index (χ0) is 13.6. The fourth-order valence-electron chi connectivity index (χ4n) is 2.00. The molecule has 0 saturated carbocycles. The summed E-state index contributed by atoms with van der Waals surface area (Å²) < 4.78 is 0. The molecule has 0 aliphatic carbocycles. The van der Waals surface area contributed by atoms with E-state index >= 15 is 0 Å². The summed E-state index contributed by atoms with van der Waals surface area (Å²) in [4.78, 5) is 22.9. The minimum absolute atomic E-state index is 0.357. The molecule has 0 atom stereocenters. The number of carbonyl (C=O) groups excluding carboxylic acids is 1. The number of rotatable bonds is 5. The maximum Gasteiger partial charge on any atom is 0.339 e. The Hall–Kier alpha value is -1.13. The smallest absolute Gasteiger partial charge is 0.299 e. The molecule has 1 fully saturated rings. The number of hydrogen-bond donors (Lipinski definition) is 0. The Morgan fingerprint density at radius 1 is 1.44 bits per heavy atom. The van der Waals surface area contributed by atoms with Gasteiger partial charge in [-0.1, -0.05) is 18.7 Å². The van der Waals surface area contributed by atoms with Crippen molar-refractivity contribution in [3.63, 3.8) is 0 Å². The molecule has 0 aromatic heterocycles. The third kappa shape index (κ3) is 5.02. The van der Waals surface area contributed by atoms with Gasteiger partial charge in [0, 0.05) is 26.6 Å². The van der Waals surface area contributed by atoms with Crippen LogP contribution in [0.1, 0.15) is 33.6 Å². The molecule has 0 aromatic carbocycles. The molecule has 102 valence electrons. The van der Waals surface area contributed by atoms with Crippen molar-refractivity contribution in [1.29, 1.82) is 0 Å². The van der Waals surface area contributed by atoms with Gasteiger partial charge >= 0.3 is 5.97 Å². The topological polar surface area (TPSA) is 38.8 Å². The molecule has 1 saturated heterocycles. The average molecular weight is 253 g/mol. The zero-order valence-corrected chi connectivity index (χ0v) is 11.6. The number of likely N-dealkylation sites (tertiary alicyclic amines) is 1. The maximum absolute atomic E-state index is 10.7. The first-order valence-corrected chi connectivity index (χ1v) is 6.34. The van der Waals surface area contributed by atoms with Crippen LogP contribution in [0.15, 0.2) is 24.3 Å². The lowest BCUT2D eigenvalue weighted by atomic mass is 9.93. The molecule has 1 aliphatic rings. The standard InChI is InChI=1S/C14H23NO3/c1-5-6-12(2)11-15-9-7-14(4,8-10-15)18-17-13(3)16/h5-6H,2,7-11H2,1,3-4H3. The molecule has 0 aromatic rings. The molecule has 1 rings (SSSR count). The molecule has 4 nitrogen and oxygen atoms in total. The van der Waals surface area contributed by atoms with Gasteiger partial charge in [-0.05, 0) is 32.3 Å². The van der Waals surface area contributed by atoms with Crippen molar-refractivity contribution in [1.82, 2.24) is 4.90 Å². The molecule has 18 heavy (non-hydrogen) atoms. The zero-order valence-electron chi connectivity index (χ0n) is 11.6. The number of piperidine rings is 1. The highest BCUT2D eigenvalue weighted by Crippen LogP contribution is 2.26. The van der Waals surface area contributed by atoms with Crippen LogP contribution in [0.3, 0.4) is 0 Å². The molecular weight excluding hydrogens is 230 g/mol. The molecule has 0 spiro atoms. The van der Waals surface area contributed by atoms with Gasteiger partial charge < -0.3 is 0 Å². The van der Waals surface area contributed by atoms with Crippen molar-refractivity contribution in [3.8, 4) is 0 Å². The van der Waals surface area contributed by atoms with Gasteiger partial charge in [-0.3, -0.25) is 9.79 Å². The molecule has 1 aliphatic heterocycles. The lowest BCUT2D eigenvalue weighted by Gasteiger charge is -2.37. The largest absolute Gasteiger partial charge is 0.339 e. The highest BCUT2D eigenvalue weighted by molar-refractivity contribution is 5.65. The molecular formula is C14H23NO3. The summed E-state index contributed by atoms with van der Waals surface area (Å²) in [6, 6.07) is 0. The van der Waals surface area contributed by atoms with Crippen molar-refractivity contribution in [2.45, 2.75) is 39.2 Å². The van der Waals surface area contributed by atoms with Gasteiger partial charge in [-0.25, -0.2) is 4.79 Å². The normalized spacial score (nSPS) is 19.9. The van der Waals surface area contributed by atoms with Crippen molar-refractivity contribution in [2.24, 2.45) is 0 Å². The van der Waals surface area contributed by atoms with E-state index in [1.165, 1.54) is 6.92 Å². The van der Waals surface area contributed by atoms with E-state index in [1.54, 1.807) is 0 Å². The minimum Gasteiger partial charge on any atom is -0.299 e. The molecule has 0 unspecified atom stereocenters. The fraction of sp³-hybridized carbons (Fsp3) is 0.643. The number of nitrogens with zero attached hydrogens (tertiary/aromatic N) is 1. The maximum atomic E-state index is 10.7. The van der Waals surface area contributed by atoms with Crippen LogP contribution in [-0.2, 0) is 14.6 Å². The lowest BCUT2D eigenvalue weighted by molar-refractivity contribution is -0.334. The monoisotopic (exact) mass is 253 g/mol. The average Bonchev–Trinajstić information content (AvgIpc) is 2.31. The second-order valence-corrected chi connectivity index (χ2v) is 5.04. The van der Waals surface area contributed by atoms with E-state index in [9.17, 15) is 4.79 Å². The van der Waals surface area contributed by atoms with Crippen LogP contribution in [0.4, 0.5) is 0 Å². The van der Waals surface area contributed by atoms with E-state index in [-0.39, 0.29) is 5.60 Å². The van der Waals surface area contributed by atoms with Crippen LogP contribution < -0.4 is 0 Å². The van der Waals surface area contributed by atoms with Gasteiger partial charge in [0.1, 0.15) is 5.60 Å². The Balaban J connectivity index is 2.35. The number of allylic oxidation sites excluding steroid dienone is 1. The third-order valence-electron chi connectivity index (χ3n) is 3.10. The molecule has 0 bridgehead atoms. The van der Waals surface area contributed by atoms with Gasteiger partial charge in [0.15, 0.2) is 0 Å². The molecule has 0 amide bonds. The van der Waals surface area contributed by atoms with Gasteiger partial charge in [0.2, 0.25) is 0 Å². The van der Waals surface area contributed by atoms with Crippen LogP contribution in [0, 0.1) is 0 Å². The van der Waals surface area contributed by atoms with Crippen molar-refractivity contribution in [2.75, 3.05) is 19.6 Å². The Labute approximate surface area is 109 Å². The molecule has 0 N–H and O–H groups in total. The molecule has 1 heterocycles. The first kappa shape index (κ1) is 14.9. The predicted octanol–water partition coefficient (Wildman–Crippen LogP) is 2.47. The Morgan fingerprint density at radius 2 is 2.06 bits per heavy atom. The van der Waals surface area contributed by atoms with Crippen molar-refractivity contribution < 1.29 is 14.6 Å². The quantitative estimate of drug-likeness (QED) is 0.428. The first-order valence-electron chi connectivity index (χ1n) is 6.34. The Kier molecular flexibility index (Phi) is 5.56. The first-order chi connectivity index (χ1) is 8.45. The van der Waals surface area contributed by atoms with E-state index in [1.807, 2.05) is 26.0 Å². The summed E-state index contributed by atoms with van der Waals surface area (Å²) in [5, 5.41) is 0. The van der Waals surface area contributed by atoms with Crippen molar-refractivity contribution in [3.05, 3.63) is 24.3 Å². The Bertz CT molecular complexity index is 328. The second kappa shape index (κ2) is 6.71. The number of hydrogen-bond acceptors (Lipinski definition) is 4. The summed E-state index contributed by atoms with van der Waals surface area (Å²) >= 11 is 0. The molecule has 4 heteroatoms. The fourth-order valence-corrected chi connectivity index (χ4v) is 2.00. The minimum atomic E-state index is -0.403. The summed E-state index contributed by atoms with van der Waals surface area (Å²) in [6.45, 7) is 12.1. The van der Waals surface area contributed by atoms with E-state index < -0.39 is 5.97 Å². The predicted molar refractivity (Wildman–Crippen MR) is 70.9 cm³/mol. The highest BCUT2D eigenvalue weighted by Gasteiger charge is 2.33.